The topological polar surface area (TPSA) is 105 Å². The average Bonchev–Trinajstić information content (AvgIpc) is 3.47. The van der Waals surface area contributed by atoms with E-state index in [0.29, 0.717) is 25.7 Å². The predicted molar refractivity (Wildman–Crippen MR) is 131 cm³/mol. The first-order valence-electron chi connectivity index (χ1n) is 12.6. The third-order valence-electron chi connectivity index (χ3n) is 7.94. The number of hydrogen-bond acceptors (Lipinski definition) is 4. The van der Waals surface area contributed by atoms with E-state index in [1.807, 2.05) is 24.3 Å². The van der Waals surface area contributed by atoms with E-state index in [9.17, 15) is 19.5 Å². The summed E-state index contributed by atoms with van der Waals surface area (Å²) in [4.78, 5) is 37.4. The fraction of sp³-hybridized carbons (Fsp3) is 0.464. The summed E-state index contributed by atoms with van der Waals surface area (Å²) in [5, 5.41) is 15.4. The number of amides is 2. The second-order valence-corrected chi connectivity index (χ2v) is 10.1. The number of alkyl carbamates (subject to hydrolysis) is 1. The number of nitrogens with one attached hydrogen (secondary N) is 2. The molecule has 2 atom stereocenters. The molecular formula is C28H32N2O5. The SMILES string of the molecule is O=C(N[C@@H]1CCC[C@H](C(=O)NC2(C(=O)O)CCCC2)C1)OCC1c2ccccc2-c2ccccc21. The van der Waals surface area contributed by atoms with Crippen molar-refractivity contribution in [2.75, 3.05) is 6.61 Å². The largest absolute Gasteiger partial charge is 0.480 e. The zero-order chi connectivity index (χ0) is 24.4. The van der Waals surface area contributed by atoms with E-state index in [1.54, 1.807) is 0 Å². The standard InChI is InChI=1S/C28H32N2O5/c31-25(30-28(26(32)33)14-5-6-15-28)18-8-7-9-19(16-18)29-27(34)35-17-24-22-12-3-1-10-20(22)21-11-2-4-13-23(21)24/h1-4,10-13,18-19,24H,5-9,14-17H2,(H,29,34)(H,30,31)(H,32,33)/t18-,19+/m0/s1. The maximum atomic E-state index is 12.9. The molecule has 7 nitrogen and oxygen atoms in total. The molecule has 0 bridgehead atoms. The Morgan fingerprint density at radius 2 is 1.54 bits per heavy atom. The lowest BCUT2D eigenvalue weighted by Gasteiger charge is -2.32. The summed E-state index contributed by atoms with van der Waals surface area (Å²) < 4.78 is 5.66. The zero-order valence-electron chi connectivity index (χ0n) is 19.8. The summed E-state index contributed by atoms with van der Waals surface area (Å²) in [6, 6.07) is 16.2. The molecule has 0 radical (unpaired) electrons. The predicted octanol–water partition coefficient (Wildman–Crippen LogP) is 4.60. The first-order chi connectivity index (χ1) is 17.0. The summed E-state index contributed by atoms with van der Waals surface area (Å²) in [6.45, 7) is 0.248. The highest BCUT2D eigenvalue weighted by molar-refractivity contribution is 5.88. The lowest BCUT2D eigenvalue weighted by molar-refractivity contribution is -0.148. The second-order valence-electron chi connectivity index (χ2n) is 10.1. The number of benzene rings is 2. The van der Waals surface area contributed by atoms with E-state index in [0.717, 1.165) is 36.8 Å². The third kappa shape index (κ3) is 4.64. The van der Waals surface area contributed by atoms with Crippen LogP contribution in [0.2, 0.25) is 0 Å². The van der Waals surface area contributed by atoms with E-state index in [1.165, 1.54) is 11.1 Å². The van der Waals surface area contributed by atoms with Gasteiger partial charge in [-0.05, 0) is 54.4 Å². The van der Waals surface area contributed by atoms with Crippen LogP contribution in [0, 0.1) is 5.92 Å². The summed E-state index contributed by atoms with van der Waals surface area (Å²) in [6.07, 6.45) is 4.85. The molecule has 0 aromatic heterocycles. The van der Waals surface area contributed by atoms with Crippen molar-refractivity contribution < 1.29 is 24.2 Å². The molecule has 0 spiro atoms. The molecule has 2 aromatic rings. The van der Waals surface area contributed by atoms with E-state index in [-0.39, 0.29) is 30.4 Å². The lowest BCUT2D eigenvalue weighted by atomic mass is 9.84. The second kappa shape index (κ2) is 9.72. The Labute approximate surface area is 205 Å². The number of carbonyl (C=O) groups is 3. The van der Waals surface area contributed by atoms with Crippen molar-refractivity contribution >= 4 is 18.0 Å². The average molecular weight is 477 g/mol. The van der Waals surface area contributed by atoms with Crippen molar-refractivity contribution in [2.45, 2.75) is 68.9 Å². The fourth-order valence-corrected chi connectivity index (χ4v) is 6.07. The molecule has 2 aromatic carbocycles. The molecule has 0 unspecified atom stereocenters. The van der Waals surface area contributed by atoms with Crippen LogP contribution in [-0.2, 0) is 14.3 Å². The number of carboxylic acids is 1. The van der Waals surface area contributed by atoms with Crippen LogP contribution in [0.5, 0.6) is 0 Å². The molecule has 184 valence electrons. The van der Waals surface area contributed by atoms with Gasteiger partial charge in [0.05, 0.1) is 0 Å². The van der Waals surface area contributed by atoms with E-state index >= 15 is 0 Å². The highest BCUT2D eigenvalue weighted by Gasteiger charge is 2.44. The lowest BCUT2D eigenvalue weighted by Crippen LogP contribution is -2.55. The molecule has 2 amide bonds. The molecule has 7 heteroatoms. The Balaban J connectivity index is 1.17. The van der Waals surface area contributed by atoms with Crippen molar-refractivity contribution in [2.24, 2.45) is 5.92 Å². The summed E-state index contributed by atoms with van der Waals surface area (Å²) >= 11 is 0. The van der Waals surface area contributed by atoms with Gasteiger partial charge in [-0.25, -0.2) is 9.59 Å². The Bertz CT molecular complexity index is 1080. The normalized spacial score (nSPS) is 22.6. The summed E-state index contributed by atoms with van der Waals surface area (Å²) in [5.41, 5.74) is 3.55. The maximum absolute atomic E-state index is 12.9. The van der Waals surface area contributed by atoms with Gasteiger partial charge in [-0.2, -0.15) is 0 Å². The van der Waals surface area contributed by atoms with Crippen LogP contribution in [-0.4, -0.2) is 41.3 Å². The minimum atomic E-state index is -1.13. The molecule has 0 saturated heterocycles. The number of rotatable bonds is 6. The van der Waals surface area contributed by atoms with E-state index in [4.69, 9.17) is 4.74 Å². The number of hydrogen-bond donors (Lipinski definition) is 3. The number of carboxylic acid groups (broad SMARTS) is 1. The Morgan fingerprint density at radius 3 is 2.17 bits per heavy atom. The first kappa shape index (κ1) is 23.4. The van der Waals surface area contributed by atoms with Crippen LogP contribution in [0.4, 0.5) is 4.79 Å². The van der Waals surface area contributed by atoms with Gasteiger partial charge in [0.2, 0.25) is 5.91 Å². The van der Waals surface area contributed by atoms with Crippen LogP contribution >= 0.6 is 0 Å². The van der Waals surface area contributed by atoms with Crippen LogP contribution in [0.1, 0.15) is 68.4 Å². The van der Waals surface area contributed by atoms with E-state index < -0.39 is 17.6 Å². The van der Waals surface area contributed by atoms with Crippen LogP contribution in [0.25, 0.3) is 11.1 Å². The third-order valence-corrected chi connectivity index (χ3v) is 7.94. The van der Waals surface area contributed by atoms with Crippen molar-refractivity contribution in [3.8, 4) is 11.1 Å². The van der Waals surface area contributed by atoms with Gasteiger partial charge < -0.3 is 20.5 Å². The number of ether oxygens (including phenoxy) is 1. The quantitative estimate of drug-likeness (QED) is 0.565. The molecule has 3 aliphatic rings. The van der Waals surface area contributed by atoms with Crippen molar-refractivity contribution in [3.05, 3.63) is 59.7 Å². The summed E-state index contributed by atoms with van der Waals surface area (Å²) in [5.74, 6) is -1.48. The van der Waals surface area contributed by atoms with Crippen LogP contribution in [0.15, 0.2) is 48.5 Å². The minimum Gasteiger partial charge on any atom is -0.480 e. The Kier molecular flexibility index (Phi) is 6.50. The van der Waals surface area contributed by atoms with E-state index in [2.05, 4.69) is 34.9 Å². The molecule has 3 aliphatic carbocycles. The monoisotopic (exact) mass is 476 g/mol. The van der Waals surface area contributed by atoms with Gasteiger partial charge in [0.25, 0.3) is 0 Å². The van der Waals surface area contributed by atoms with Crippen LogP contribution < -0.4 is 10.6 Å². The maximum Gasteiger partial charge on any atom is 0.407 e. The number of fused-ring (bicyclic) bond motifs is 3. The van der Waals surface area contributed by atoms with Crippen molar-refractivity contribution in [3.63, 3.8) is 0 Å². The van der Waals surface area contributed by atoms with Gasteiger partial charge in [0.1, 0.15) is 12.1 Å². The Hall–Kier alpha value is -3.35. The molecular weight excluding hydrogens is 444 g/mol. The zero-order valence-corrected chi connectivity index (χ0v) is 19.8. The van der Waals surface area contributed by atoms with Gasteiger partial charge in [0, 0.05) is 17.9 Å². The molecule has 0 heterocycles. The summed E-state index contributed by atoms with van der Waals surface area (Å²) in [7, 11) is 0. The van der Waals surface area contributed by atoms with Gasteiger partial charge in [-0.15, -0.1) is 0 Å². The van der Waals surface area contributed by atoms with Crippen molar-refractivity contribution in [1.82, 2.24) is 10.6 Å². The van der Waals surface area contributed by atoms with Gasteiger partial charge >= 0.3 is 12.1 Å². The van der Waals surface area contributed by atoms with Gasteiger partial charge in [0.15, 0.2) is 0 Å². The molecule has 35 heavy (non-hydrogen) atoms. The van der Waals surface area contributed by atoms with Gasteiger partial charge in [-0.3, -0.25) is 4.79 Å². The van der Waals surface area contributed by atoms with Gasteiger partial charge in [-0.1, -0.05) is 67.8 Å². The highest BCUT2D eigenvalue weighted by atomic mass is 16.5. The van der Waals surface area contributed by atoms with Crippen molar-refractivity contribution in [1.29, 1.82) is 0 Å². The Morgan fingerprint density at radius 1 is 0.914 bits per heavy atom. The molecule has 3 N–H and O–H groups in total. The number of aliphatic carboxylic acids is 1. The smallest absolute Gasteiger partial charge is 0.407 e. The minimum absolute atomic E-state index is 0.00310. The first-order valence-corrected chi connectivity index (χ1v) is 12.6. The molecule has 2 saturated carbocycles. The molecule has 5 rings (SSSR count). The number of carbonyl (C=O) groups excluding carboxylic acids is 2. The molecule has 2 fully saturated rings. The molecule has 0 aliphatic heterocycles. The fourth-order valence-electron chi connectivity index (χ4n) is 6.07. The van der Waals surface area contributed by atoms with Crippen LogP contribution in [0.3, 0.4) is 0 Å². The highest BCUT2D eigenvalue weighted by Crippen LogP contribution is 2.44.